The molecule has 1 N–H and O–H groups in total. The second-order valence-electron chi connectivity index (χ2n) is 5.02. The van der Waals surface area contributed by atoms with Gasteiger partial charge < -0.3 is 19.5 Å². The molecule has 1 aliphatic rings. The maximum atomic E-state index is 12.3. The van der Waals surface area contributed by atoms with E-state index in [1.165, 1.54) is 26.0 Å². The molecule has 2 atom stereocenters. The first kappa shape index (κ1) is 17.9. The number of carboxylic acids is 1. The molecule has 1 heterocycles. The number of carboxylic acid groups (broad SMARTS) is 1. The smallest absolute Gasteiger partial charge is 0.326 e. The van der Waals surface area contributed by atoms with E-state index in [0.29, 0.717) is 0 Å². The molecule has 21 heavy (non-hydrogen) atoms. The van der Waals surface area contributed by atoms with Gasteiger partial charge in [-0.3, -0.25) is 9.59 Å². The first-order valence-electron chi connectivity index (χ1n) is 6.54. The molecule has 0 spiro atoms. The molecular formula is C13H21NO6S. The van der Waals surface area contributed by atoms with Gasteiger partial charge in [0.2, 0.25) is 5.91 Å². The lowest BCUT2D eigenvalue weighted by Gasteiger charge is -2.26. The fourth-order valence-electron chi connectivity index (χ4n) is 2.39. The molecular weight excluding hydrogens is 298 g/mol. The van der Waals surface area contributed by atoms with Crippen LogP contribution >= 0.6 is 11.8 Å². The van der Waals surface area contributed by atoms with Crippen LogP contribution in [0.5, 0.6) is 0 Å². The molecule has 1 unspecified atom stereocenters. The molecule has 0 aromatic heterocycles. The van der Waals surface area contributed by atoms with E-state index in [9.17, 15) is 19.5 Å². The molecule has 0 radical (unpaired) electrons. The lowest BCUT2D eigenvalue weighted by Crippen LogP contribution is -2.42. The van der Waals surface area contributed by atoms with Gasteiger partial charge in [-0.1, -0.05) is 18.7 Å². The van der Waals surface area contributed by atoms with Crippen LogP contribution in [0.3, 0.4) is 0 Å². The standard InChI is InChI=1S/C13H21NO6S/c1-8(21-9(2)15)5-11(16)14-7-13(19-3,20-4)6-10(14)12(17)18/h8,10H,5-7H2,1-4H3,(H,17,18)/t8?,10-/m0/s1. The number of amides is 1. The summed E-state index contributed by atoms with van der Waals surface area (Å²) >= 11 is 1.07. The number of hydrogen-bond acceptors (Lipinski definition) is 6. The van der Waals surface area contributed by atoms with Crippen LogP contribution in [-0.2, 0) is 23.9 Å². The normalized spacial score (nSPS) is 22.1. The Bertz CT molecular complexity index is 423. The Morgan fingerprint density at radius 3 is 2.38 bits per heavy atom. The molecule has 120 valence electrons. The van der Waals surface area contributed by atoms with Crippen molar-refractivity contribution in [2.24, 2.45) is 0 Å². The average molecular weight is 319 g/mol. The SMILES string of the molecule is COC1(OC)C[C@@H](C(=O)O)N(C(=O)CC(C)SC(C)=O)C1. The lowest BCUT2D eigenvalue weighted by atomic mass is 10.1. The minimum atomic E-state index is -1.09. The minimum absolute atomic E-state index is 0.0628. The van der Waals surface area contributed by atoms with E-state index < -0.39 is 17.8 Å². The maximum Gasteiger partial charge on any atom is 0.326 e. The molecule has 8 heteroatoms. The predicted octanol–water partition coefficient (Wildman–Crippen LogP) is 0.719. The van der Waals surface area contributed by atoms with Crippen LogP contribution < -0.4 is 0 Å². The molecule has 1 rings (SSSR count). The summed E-state index contributed by atoms with van der Waals surface area (Å²) in [7, 11) is 2.84. The number of methoxy groups -OCH3 is 2. The van der Waals surface area contributed by atoms with Crippen LogP contribution in [0, 0.1) is 0 Å². The van der Waals surface area contributed by atoms with Crippen LogP contribution in [-0.4, -0.2) is 64.8 Å². The maximum absolute atomic E-state index is 12.3. The Labute approximate surface area is 128 Å². The second kappa shape index (κ2) is 7.24. The van der Waals surface area contributed by atoms with Crippen molar-refractivity contribution < 1.29 is 29.0 Å². The average Bonchev–Trinajstić information content (AvgIpc) is 2.78. The predicted molar refractivity (Wildman–Crippen MR) is 76.9 cm³/mol. The van der Waals surface area contributed by atoms with Crippen molar-refractivity contribution in [3.63, 3.8) is 0 Å². The third-order valence-corrected chi connectivity index (χ3v) is 4.37. The van der Waals surface area contributed by atoms with Crippen molar-refractivity contribution in [1.82, 2.24) is 4.90 Å². The van der Waals surface area contributed by atoms with Gasteiger partial charge in [0.1, 0.15) is 6.04 Å². The molecule has 0 aromatic rings. The van der Waals surface area contributed by atoms with Gasteiger partial charge in [0.25, 0.3) is 0 Å². The minimum Gasteiger partial charge on any atom is -0.480 e. The summed E-state index contributed by atoms with van der Waals surface area (Å²) in [6.45, 7) is 3.26. The Balaban J connectivity index is 2.80. The zero-order valence-corrected chi connectivity index (χ0v) is 13.4. The molecule has 0 saturated carbocycles. The summed E-state index contributed by atoms with van der Waals surface area (Å²) in [4.78, 5) is 35.9. The van der Waals surface area contributed by atoms with Crippen molar-refractivity contribution in [3.05, 3.63) is 0 Å². The lowest BCUT2D eigenvalue weighted by molar-refractivity contribution is -0.197. The van der Waals surface area contributed by atoms with Crippen LogP contribution in [0.15, 0.2) is 0 Å². The molecule has 1 amide bonds. The fraction of sp³-hybridized carbons (Fsp3) is 0.769. The van der Waals surface area contributed by atoms with Crippen molar-refractivity contribution >= 4 is 28.8 Å². The number of carbonyl (C=O) groups is 3. The first-order chi connectivity index (χ1) is 9.74. The summed E-state index contributed by atoms with van der Waals surface area (Å²) in [5, 5.41) is 8.99. The van der Waals surface area contributed by atoms with Crippen molar-refractivity contribution in [3.8, 4) is 0 Å². The highest BCUT2D eigenvalue weighted by atomic mass is 32.2. The number of ether oxygens (including phenoxy) is 2. The van der Waals surface area contributed by atoms with Gasteiger partial charge in [-0.2, -0.15) is 0 Å². The van der Waals surface area contributed by atoms with Gasteiger partial charge in [-0.05, 0) is 0 Å². The number of rotatable bonds is 6. The van der Waals surface area contributed by atoms with Gasteiger partial charge in [0, 0.05) is 39.2 Å². The van der Waals surface area contributed by atoms with Crippen molar-refractivity contribution in [2.45, 2.75) is 43.8 Å². The topological polar surface area (TPSA) is 93.1 Å². The highest BCUT2D eigenvalue weighted by molar-refractivity contribution is 8.14. The third kappa shape index (κ3) is 4.42. The first-order valence-corrected chi connectivity index (χ1v) is 7.42. The van der Waals surface area contributed by atoms with Crippen LogP contribution in [0.25, 0.3) is 0 Å². The van der Waals surface area contributed by atoms with E-state index in [1.807, 2.05) is 0 Å². The van der Waals surface area contributed by atoms with E-state index >= 15 is 0 Å². The number of nitrogens with zero attached hydrogens (tertiary/aromatic N) is 1. The summed E-state index contributed by atoms with van der Waals surface area (Å²) < 4.78 is 10.5. The summed E-state index contributed by atoms with van der Waals surface area (Å²) in [5.74, 6) is -2.50. The van der Waals surface area contributed by atoms with Crippen LogP contribution in [0.1, 0.15) is 26.7 Å². The Morgan fingerprint density at radius 1 is 1.38 bits per heavy atom. The Morgan fingerprint density at radius 2 is 1.95 bits per heavy atom. The van der Waals surface area contributed by atoms with Crippen LogP contribution in [0.4, 0.5) is 0 Å². The molecule has 1 fully saturated rings. The van der Waals surface area contributed by atoms with Gasteiger partial charge in [0.05, 0.1) is 6.54 Å². The Kier molecular flexibility index (Phi) is 6.18. The zero-order valence-electron chi connectivity index (χ0n) is 12.6. The number of thioether (sulfide) groups is 1. The number of hydrogen-bond donors (Lipinski definition) is 1. The number of aliphatic carboxylic acids is 1. The van der Waals surface area contributed by atoms with E-state index in [0.717, 1.165) is 11.8 Å². The number of carbonyl (C=O) groups excluding carboxylic acids is 2. The summed E-state index contributed by atoms with van der Waals surface area (Å²) in [5.41, 5.74) is 0. The molecule has 0 bridgehead atoms. The largest absolute Gasteiger partial charge is 0.480 e. The second-order valence-corrected chi connectivity index (χ2v) is 6.64. The van der Waals surface area contributed by atoms with E-state index in [2.05, 4.69) is 0 Å². The van der Waals surface area contributed by atoms with Gasteiger partial charge >= 0.3 is 5.97 Å². The van der Waals surface area contributed by atoms with E-state index in [4.69, 9.17) is 9.47 Å². The monoisotopic (exact) mass is 319 g/mol. The van der Waals surface area contributed by atoms with Gasteiger partial charge in [-0.15, -0.1) is 0 Å². The van der Waals surface area contributed by atoms with Crippen LogP contribution in [0.2, 0.25) is 0 Å². The quantitative estimate of drug-likeness (QED) is 0.721. The van der Waals surface area contributed by atoms with Crippen molar-refractivity contribution in [2.75, 3.05) is 20.8 Å². The number of likely N-dealkylation sites (tertiary alicyclic amines) is 1. The Hall–Kier alpha value is -1.12. The van der Waals surface area contributed by atoms with Crippen molar-refractivity contribution in [1.29, 1.82) is 0 Å². The van der Waals surface area contributed by atoms with E-state index in [-0.39, 0.29) is 35.7 Å². The molecule has 1 saturated heterocycles. The molecule has 0 aromatic carbocycles. The summed E-state index contributed by atoms with van der Waals surface area (Å²) in [6, 6.07) is -0.980. The molecule has 1 aliphatic heterocycles. The highest BCUT2D eigenvalue weighted by Gasteiger charge is 2.49. The fourth-order valence-corrected chi connectivity index (χ4v) is 3.18. The van der Waals surface area contributed by atoms with Gasteiger partial charge in [-0.25, -0.2) is 4.79 Å². The molecule has 7 nitrogen and oxygen atoms in total. The molecule has 0 aliphatic carbocycles. The highest BCUT2D eigenvalue weighted by Crippen LogP contribution is 2.32. The van der Waals surface area contributed by atoms with E-state index in [1.54, 1.807) is 6.92 Å². The summed E-state index contributed by atoms with van der Waals surface area (Å²) in [6.07, 6.45) is 0.173. The van der Waals surface area contributed by atoms with Gasteiger partial charge in [0.15, 0.2) is 10.9 Å². The third-order valence-electron chi connectivity index (χ3n) is 3.47. The zero-order chi connectivity index (χ0) is 16.2.